The molecule has 2 aromatic heterocycles. The van der Waals surface area contributed by atoms with E-state index in [2.05, 4.69) is 17.2 Å². The molecule has 3 nitrogen and oxygen atoms in total. The Hall–Kier alpha value is -1.68. The molecule has 1 amide bonds. The molecule has 0 saturated heterocycles. The van der Waals surface area contributed by atoms with Crippen LogP contribution in [0.1, 0.15) is 28.6 Å². The summed E-state index contributed by atoms with van der Waals surface area (Å²) in [7, 11) is 0. The van der Waals surface area contributed by atoms with Gasteiger partial charge in [0.25, 0.3) is 5.91 Å². The maximum Gasteiger partial charge on any atom is 0.257 e. The molecule has 88 valence electrons. The summed E-state index contributed by atoms with van der Waals surface area (Å²) < 4.78 is 0. The van der Waals surface area contributed by atoms with Gasteiger partial charge in [-0.05, 0) is 24.6 Å². The van der Waals surface area contributed by atoms with E-state index in [1.165, 1.54) is 4.88 Å². The molecule has 0 aliphatic rings. The molecule has 17 heavy (non-hydrogen) atoms. The van der Waals surface area contributed by atoms with Gasteiger partial charge in [0.2, 0.25) is 0 Å². The predicted molar refractivity (Wildman–Crippen MR) is 70.5 cm³/mol. The zero-order valence-corrected chi connectivity index (χ0v) is 10.5. The number of amides is 1. The monoisotopic (exact) mass is 246 g/mol. The first-order valence-electron chi connectivity index (χ1n) is 5.59. The molecule has 0 unspecified atom stereocenters. The highest BCUT2D eigenvalue weighted by atomic mass is 32.1. The van der Waals surface area contributed by atoms with Crippen molar-refractivity contribution in [3.8, 4) is 0 Å². The average molecular weight is 246 g/mol. The number of hydrogen-bond donors (Lipinski definition) is 1. The van der Waals surface area contributed by atoms with Gasteiger partial charge in [-0.15, -0.1) is 11.3 Å². The van der Waals surface area contributed by atoms with E-state index >= 15 is 0 Å². The van der Waals surface area contributed by atoms with E-state index in [4.69, 9.17) is 0 Å². The largest absolute Gasteiger partial charge is 0.307 e. The van der Waals surface area contributed by atoms with Crippen LogP contribution in [0.3, 0.4) is 0 Å². The molecule has 0 fully saturated rings. The number of anilines is 1. The lowest BCUT2D eigenvalue weighted by molar-refractivity contribution is 0.102. The smallest absolute Gasteiger partial charge is 0.257 e. The summed E-state index contributed by atoms with van der Waals surface area (Å²) in [5.74, 6) is 0.489. The molecule has 4 heteroatoms. The first-order chi connectivity index (χ1) is 8.29. The van der Waals surface area contributed by atoms with Crippen molar-refractivity contribution in [2.24, 2.45) is 0 Å². The highest BCUT2D eigenvalue weighted by Gasteiger charge is 2.08. The number of carbonyl (C=O) groups is 1. The molecule has 0 saturated carbocycles. The lowest BCUT2D eigenvalue weighted by Crippen LogP contribution is -2.11. The van der Waals surface area contributed by atoms with Crippen molar-refractivity contribution in [3.63, 3.8) is 0 Å². The molecule has 0 atom stereocenters. The van der Waals surface area contributed by atoms with Gasteiger partial charge in [0.05, 0.1) is 5.56 Å². The number of rotatable bonds is 4. The number of hydrogen-bond acceptors (Lipinski definition) is 3. The van der Waals surface area contributed by atoms with Crippen molar-refractivity contribution in [2.45, 2.75) is 19.8 Å². The van der Waals surface area contributed by atoms with Crippen LogP contribution in [0.15, 0.2) is 35.8 Å². The quantitative estimate of drug-likeness (QED) is 0.899. The highest BCUT2D eigenvalue weighted by molar-refractivity contribution is 7.10. The average Bonchev–Trinajstić information content (AvgIpc) is 2.79. The van der Waals surface area contributed by atoms with Crippen LogP contribution in [0.25, 0.3) is 0 Å². The van der Waals surface area contributed by atoms with Crippen LogP contribution >= 0.6 is 11.3 Å². The summed E-state index contributed by atoms with van der Waals surface area (Å²) in [6, 6.07) is 7.39. The van der Waals surface area contributed by atoms with E-state index in [0.29, 0.717) is 11.4 Å². The van der Waals surface area contributed by atoms with Gasteiger partial charge in [0, 0.05) is 16.5 Å². The molecule has 0 aliphatic carbocycles. The Kier molecular flexibility index (Phi) is 3.88. The fourth-order valence-electron chi connectivity index (χ4n) is 1.50. The Morgan fingerprint density at radius 2 is 2.35 bits per heavy atom. The van der Waals surface area contributed by atoms with E-state index in [1.54, 1.807) is 23.6 Å². The molecule has 0 radical (unpaired) electrons. The van der Waals surface area contributed by atoms with E-state index < -0.39 is 0 Å². The zero-order chi connectivity index (χ0) is 12.1. The van der Waals surface area contributed by atoms with Gasteiger partial charge < -0.3 is 5.32 Å². The topological polar surface area (TPSA) is 42.0 Å². The Morgan fingerprint density at radius 3 is 3.06 bits per heavy atom. The highest BCUT2D eigenvalue weighted by Crippen LogP contribution is 2.17. The van der Waals surface area contributed by atoms with Crippen LogP contribution in [0.2, 0.25) is 0 Å². The molecule has 2 aromatic rings. The fraction of sp³-hybridized carbons (Fsp3) is 0.231. The molecule has 1 N–H and O–H groups in total. The SMILES string of the molecule is CCCc1cc(C(=O)Nc2ccccn2)cs1. The Balaban J connectivity index is 2.04. The van der Waals surface area contributed by atoms with Crippen LogP contribution in [-0.4, -0.2) is 10.9 Å². The number of thiophene rings is 1. The number of aromatic nitrogens is 1. The van der Waals surface area contributed by atoms with Crippen LogP contribution in [0, 0.1) is 0 Å². The minimum atomic E-state index is -0.0951. The van der Waals surface area contributed by atoms with Crippen molar-refractivity contribution in [1.82, 2.24) is 4.98 Å². The molecule has 0 bridgehead atoms. The summed E-state index contributed by atoms with van der Waals surface area (Å²) in [6.45, 7) is 2.13. The van der Waals surface area contributed by atoms with Crippen molar-refractivity contribution < 1.29 is 4.79 Å². The van der Waals surface area contributed by atoms with Crippen molar-refractivity contribution >= 4 is 23.1 Å². The Morgan fingerprint density at radius 1 is 1.47 bits per heavy atom. The second-order valence-electron chi connectivity index (χ2n) is 3.72. The summed E-state index contributed by atoms with van der Waals surface area (Å²) in [4.78, 5) is 17.2. The summed E-state index contributed by atoms with van der Waals surface area (Å²) >= 11 is 1.63. The van der Waals surface area contributed by atoms with Gasteiger partial charge in [-0.2, -0.15) is 0 Å². The maximum absolute atomic E-state index is 11.9. The first-order valence-corrected chi connectivity index (χ1v) is 6.47. The minimum absolute atomic E-state index is 0.0951. The van der Waals surface area contributed by atoms with Crippen molar-refractivity contribution in [3.05, 3.63) is 46.3 Å². The van der Waals surface area contributed by atoms with E-state index in [-0.39, 0.29) is 5.91 Å². The molecule has 0 spiro atoms. The van der Waals surface area contributed by atoms with E-state index in [1.807, 2.05) is 23.6 Å². The van der Waals surface area contributed by atoms with E-state index in [0.717, 1.165) is 12.8 Å². The normalized spacial score (nSPS) is 10.2. The first kappa shape index (κ1) is 11.8. The van der Waals surface area contributed by atoms with Gasteiger partial charge >= 0.3 is 0 Å². The summed E-state index contributed by atoms with van der Waals surface area (Å²) in [6.07, 6.45) is 3.79. The molecule has 2 heterocycles. The molecular weight excluding hydrogens is 232 g/mol. The van der Waals surface area contributed by atoms with Crippen LogP contribution in [-0.2, 0) is 6.42 Å². The second-order valence-corrected chi connectivity index (χ2v) is 4.72. The van der Waals surface area contributed by atoms with Gasteiger partial charge in [0.15, 0.2) is 0 Å². The maximum atomic E-state index is 11.9. The fourth-order valence-corrected chi connectivity index (χ4v) is 2.47. The van der Waals surface area contributed by atoms with Crippen molar-refractivity contribution in [1.29, 1.82) is 0 Å². The number of nitrogens with zero attached hydrogens (tertiary/aromatic N) is 1. The number of pyridine rings is 1. The Labute approximate surface area is 105 Å². The predicted octanol–water partition coefficient (Wildman–Crippen LogP) is 3.35. The lowest BCUT2D eigenvalue weighted by Gasteiger charge is -2.01. The minimum Gasteiger partial charge on any atom is -0.307 e. The summed E-state index contributed by atoms with van der Waals surface area (Å²) in [5, 5.41) is 4.66. The van der Waals surface area contributed by atoms with Gasteiger partial charge in [0.1, 0.15) is 5.82 Å². The summed E-state index contributed by atoms with van der Waals surface area (Å²) in [5.41, 5.74) is 0.712. The van der Waals surface area contributed by atoms with E-state index in [9.17, 15) is 4.79 Å². The standard InChI is InChI=1S/C13H14N2OS/c1-2-5-11-8-10(9-17-11)13(16)15-12-6-3-4-7-14-12/h3-4,6-9H,2,5H2,1H3,(H,14,15,16). The van der Waals surface area contributed by atoms with Gasteiger partial charge in [-0.3, -0.25) is 4.79 Å². The van der Waals surface area contributed by atoms with Gasteiger partial charge in [-0.1, -0.05) is 19.4 Å². The van der Waals surface area contributed by atoms with Crippen LogP contribution in [0.5, 0.6) is 0 Å². The number of aryl methyl sites for hydroxylation is 1. The molecule has 0 aliphatic heterocycles. The third-order valence-corrected chi connectivity index (χ3v) is 3.32. The second kappa shape index (κ2) is 5.59. The Bertz CT molecular complexity index is 493. The van der Waals surface area contributed by atoms with Crippen molar-refractivity contribution in [2.75, 3.05) is 5.32 Å². The third-order valence-electron chi connectivity index (χ3n) is 2.32. The number of nitrogens with one attached hydrogen (secondary N) is 1. The molecular formula is C13H14N2OS. The molecule has 0 aromatic carbocycles. The lowest BCUT2D eigenvalue weighted by atomic mass is 10.2. The molecule has 2 rings (SSSR count). The number of carbonyl (C=O) groups excluding carboxylic acids is 1. The van der Waals surface area contributed by atoms with Crippen LogP contribution < -0.4 is 5.32 Å². The third kappa shape index (κ3) is 3.14. The zero-order valence-electron chi connectivity index (χ0n) is 9.64. The van der Waals surface area contributed by atoms with Gasteiger partial charge in [-0.25, -0.2) is 4.98 Å². The van der Waals surface area contributed by atoms with Crippen LogP contribution in [0.4, 0.5) is 5.82 Å².